The molecule has 0 saturated heterocycles. The fourth-order valence-electron chi connectivity index (χ4n) is 3.91. The number of carbonyl (C=O) groups excluding carboxylic acids is 1. The number of rotatable bonds is 9. The van der Waals surface area contributed by atoms with Gasteiger partial charge >= 0.3 is 0 Å². The van der Waals surface area contributed by atoms with Gasteiger partial charge < -0.3 is 10.1 Å². The number of hydrogen-bond acceptors (Lipinski definition) is 6. The molecule has 0 saturated carbocycles. The summed E-state index contributed by atoms with van der Waals surface area (Å²) in [5.74, 6) is -0.0648. The van der Waals surface area contributed by atoms with Crippen LogP contribution in [0.3, 0.4) is 0 Å². The Labute approximate surface area is 196 Å². The zero-order valence-electron chi connectivity index (χ0n) is 18.8. The molecule has 4 rings (SSSR count). The summed E-state index contributed by atoms with van der Waals surface area (Å²) >= 11 is 2.96. The van der Waals surface area contributed by atoms with E-state index in [4.69, 9.17) is 9.72 Å². The topological polar surface area (TPSA) is 73.2 Å². The minimum absolute atomic E-state index is 0.0370. The predicted octanol–water partition coefficient (Wildman–Crippen LogP) is 4.27. The van der Waals surface area contributed by atoms with Gasteiger partial charge in [0.25, 0.3) is 5.56 Å². The third-order valence-electron chi connectivity index (χ3n) is 5.62. The van der Waals surface area contributed by atoms with E-state index in [0.29, 0.717) is 24.9 Å². The van der Waals surface area contributed by atoms with E-state index >= 15 is 0 Å². The molecule has 1 aromatic carbocycles. The Morgan fingerprint density at radius 1 is 1.31 bits per heavy atom. The molecule has 0 bridgehead atoms. The third kappa shape index (κ3) is 4.77. The molecule has 1 unspecified atom stereocenters. The van der Waals surface area contributed by atoms with Crippen molar-refractivity contribution in [2.24, 2.45) is 0 Å². The molecule has 32 heavy (non-hydrogen) atoms. The number of aromatic nitrogens is 2. The summed E-state index contributed by atoms with van der Waals surface area (Å²) in [5, 5.41) is 3.89. The highest BCUT2D eigenvalue weighted by atomic mass is 32.2. The largest absolute Gasteiger partial charge is 0.382 e. The fourth-order valence-corrected chi connectivity index (χ4v) is 6.16. The third-order valence-corrected chi connectivity index (χ3v) is 7.86. The van der Waals surface area contributed by atoms with Crippen LogP contribution >= 0.6 is 23.1 Å². The molecule has 2 aromatic heterocycles. The Kier molecular flexibility index (Phi) is 7.33. The number of benzene rings is 1. The molecule has 0 radical (unpaired) electrons. The zero-order valence-corrected chi connectivity index (χ0v) is 20.4. The van der Waals surface area contributed by atoms with Crippen LogP contribution in [0.1, 0.15) is 42.7 Å². The van der Waals surface area contributed by atoms with E-state index in [0.717, 1.165) is 47.2 Å². The van der Waals surface area contributed by atoms with Gasteiger partial charge in [-0.15, -0.1) is 11.3 Å². The maximum Gasteiger partial charge on any atom is 0.267 e. The number of amides is 1. The van der Waals surface area contributed by atoms with Crippen molar-refractivity contribution in [1.82, 2.24) is 14.9 Å². The second kappa shape index (κ2) is 10.2. The van der Waals surface area contributed by atoms with E-state index in [1.165, 1.54) is 22.2 Å². The first-order valence-electron chi connectivity index (χ1n) is 11.2. The molecule has 6 nitrogen and oxygen atoms in total. The lowest BCUT2D eigenvalue weighted by Gasteiger charge is -2.16. The number of ether oxygens (including phenoxy) is 1. The maximum atomic E-state index is 13.7. The van der Waals surface area contributed by atoms with Crippen LogP contribution in [0.4, 0.5) is 0 Å². The lowest BCUT2D eigenvalue weighted by Crippen LogP contribution is -2.33. The van der Waals surface area contributed by atoms with Crippen molar-refractivity contribution in [1.29, 1.82) is 0 Å². The number of nitrogens with one attached hydrogen (secondary N) is 1. The fraction of sp³-hybridized carbons (Fsp3) is 0.458. The van der Waals surface area contributed by atoms with Gasteiger partial charge in [-0.05, 0) is 64.2 Å². The number of aryl methyl sites for hydroxylation is 3. The standard InChI is InChI=1S/C24H29N3O3S2/c1-4-30-14-6-13-25-21(28)16(3)31-24-26-22-20(18-7-5-8-19(18)32-22)23(29)27(24)17-11-9-15(2)10-12-17/h9-12,16H,4-8,13-14H2,1-3H3,(H,25,28). The van der Waals surface area contributed by atoms with Gasteiger partial charge in [0, 0.05) is 24.6 Å². The summed E-state index contributed by atoms with van der Waals surface area (Å²) in [6.07, 6.45) is 3.82. The van der Waals surface area contributed by atoms with Crippen molar-refractivity contribution in [3.63, 3.8) is 0 Å². The van der Waals surface area contributed by atoms with Crippen molar-refractivity contribution < 1.29 is 9.53 Å². The van der Waals surface area contributed by atoms with Gasteiger partial charge in [-0.3, -0.25) is 14.2 Å². The van der Waals surface area contributed by atoms with Gasteiger partial charge in [0.15, 0.2) is 5.16 Å². The number of thioether (sulfide) groups is 1. The summed E-state index contributed by atoms with van der Waals surface area (Å²) in [6.45, 7) is 7.71. The maximum absolute atomic E-state index is 13.7. The molecule has 0 aliphatic heterocycles. The first-order valence-corrected chi connectivity index (χ1v) is 12.9. The van der Waals surface area contributed by atoms with Crippen LogP contribution < -0.4 is 10.9 Å². The molecule has 0 fully saturated rings. The molecule has 1 aliphatic rings. The van der Waals surface area contributed by atoms with E-state index in [9.17, 15) is 9.59 Å². The first kappa shape index (κ1) is 23.0. The van der Waals surface area contributed by atoms with Crippen molar-refractivity contribution in [3.8, 4) is 5.69 Å². The molecular formula is C24H29N3O3S2. The lowest BCUT2D eigenvalue weighted by atomic mass is 10.2. The summed E-state index contributed by atoms with van der Waals surface area (Å²) in [5.41, 5.74) is 3.03. The van der Waals surface area contributed by atoms with Crippen LogP contribution in [0, 0.1) is 6.92 Å². The normalized spacial score (nSPS) is 14.0. The Balaban J connectivity index is 1.65. The Morgan fingerprint density at radius 3 is 2.84 bits per heavy atom. The van der Waals surface area contributed by atoms with Gasteiger partial charge in [-0.2, -0.15) is 0 Å². The highest BCUT2D eigenvalue weighted by Crippen LogP contribution is 2.36. The molecule has 1 amide bonds. The van der Waals surface area contributed by atoms with Crippen molar-refractivity contribution in [2.45, 2.75) is 56.9 Å². The molecule has 0 spiro atoms. The molecule has 2 heterocycles. The van der Waals surface area contributed by atoms with Crippen LogP contribution in [0.5, 0.6) is 0 Å². The summed E-state index contributed by atoms with van der Waals surface area (Å²) < 4.78 is 7.00. The van der Waals surface area contributed by atoms with Crippen LogP contribution in [0.25, 0.3) is 15.9 Å². The molecule has 1 N–H and O–H groups in total. The SMILES string of the molecule is CCOCCCNC(=O)C(C)Sc1nc2sc3c(c2c(=O)n1-c1ccc(C)cc1)CCC3. The van der Waals surface area contributed by atoms with E-state index < -0.39 is 0 Å². The quantitative estimate of drug-likeness (QED) is 0.287. The Morgan fingerprint density at radius 2 is 2.09 bits per heavy atom. The van der Waals surface area contributed by atoms with E-state index in [2.05, 4.69) is 5.32 Å². The van der Waals surface area contributed by atoms with E-state index in [1.807, 2.05) is 45.0 Å². The van der Waals surface area contributed by atoms with Crippen LogP contribution in [-0.2, 0) is 22.4 Å². The molecular weight excluding hydrogens is 442 g/mol. The summed E-state index contributed by atoms with van der Waals surface area (Å²) in [6, 6.07) is 7.87. The molecule has 1 aliphatic carbocycles. The average molecular weight is 472 g/mol. The number of carbonyl (C=O) groups is 1. The Hall–Kier alpha value is -2.16. The van der Waals surface area contributed by atoms with Crippen molar-refractivity contribution in [3.05, 3.63) is 50.6 Å². The second-order valence-electron chi connectivity index (χ2n) is 8.01. The second-order valence-corrected chi connectivity index (χ2v) is 10.4. The highest BCUT2D eigenvalue weighted by Gasteiger charge is 2.25. The number of thiophene rings is 1. The first-order chi connectivity index (χ1) is 15.5. The number of hydrogen-bond donors (Lipinski definition) is 1. The average Bonchev–Trinajstić information content (AvgIpc) is 3.35. The van der Waals surface area contributed by atoms with Crippen LogP contribution in [0.15, 0.2) is 34.2 Å². The molecule has 170 valence electrons. The lowest BCUT2D eigenvalue weighted by molar-refractivity contribution is -0.120. The minimum Gasteiger partial charge on any atom is -0.382 e. The zero-order chi connectivity index (χ0) is 22.7. The van der Waals surface area contributed by atoms with Crippen molar-refractivity contribution >= 4 is 39.2 Å². The molecule has 8 heteroatoms. The Bertz CT molecular complexity index is 1170. The number of fused-ring (bicyclic) bond motifs is 3. The van der Waals surface area contributed by atoms with Crippen molar-refractivity contribution in [2.75, 3.05) is 19.8 Å². The number of nitrogens with zero attached hydrogens (tertiary/aromatic N) is 2. The monoisotopic (exact) mass is 471 g/mol. The highest BCUT2D eigenvalue weighted by molar-refractivity contribution is 8.00. The van der Waals surface area contributed by atoms with Crippen LogP contribution in [-0.4, -0.2) is 40.5 Å². The van der Waals surface area contributed by atoms with Gasteiger partial charge in [0.2, 0.25) is 5.91 Å². The van der Waals surface area contributed by atoms with E-state index in [1.54, 1.807) is 15.9 Å². The van der Waals surface area contributed by atoms with Gasteiger partial charge in [-0.1, -0.05) is 29.5 Å². The minimum atomic E-state index is -0.380. The van der Waals surface area contributed by atoms with Crippen LogP contribution in [0.2, 0.25) is 0 Å². The molecule has 3 aromatic rings. The van der Waals surface area contributed by atoms with Gasteiger partial charge in [-0.25, -0.2) is 4.98 Å². The smallest absolute Gasteiger partial charge is 0.267 e. The molecule has 1 atom stereocenters. The van der Waals surface area contributed by atoms with E-state index in [-0.39, 0.29) is 16.7 Å². The van der Waals surface area contributed by atoms with Gasteiger partial charge in [0.05, 0.1) is 16.3 Å². The predicted molar refractivity (Wildman–Crippen MR) is 131 cm³/mol. The summed E-state index contributed by atoms with van der Waals surface area (Å²) in [4.78, 5) is 33.3. The van der Waals surface area contributed by atoms with Gasteiger partial charge in [0.1, 0.15) is 4.83 Å². The summed E-state index contributed by atoms with van der Waals surface area (Å²) in [7, 11) is 0.